The second-order valence-corrected chi connectivity index (χ2v) is 3.50. The van der Waals surface area contributed by atoms with Gasteiger partial charge < -0.3 is 10.6 Å². The van der Waals surface area contributed by atoms with E-state index in [2.05, 4.69) is 15.7 Å². The van der Waals surface area contributed by atoms with Gasteiger partial charge in [-0.2, -0.15) is 5.10 Å². The van der Waals surface area contributed by atoms with E-state index in [-0.39, 0.29) is 11.9 Å². The lowest BCUT2D eigenvalue weighted by Gasteiger charge is -2.10. The number of carbonyl (C=O) groups is 1. The minimum atomic E-state index is -0.142. The average molecular weight is 210 g/mol. The normalized spacial score (nSPS) is 12.5. The third kappa shape index (κ3) is 3.36. The lowest BCUT2D eigenvalue weighted by atomic mass is 10.3. The Morgan fingerprint density at radius 3 is 2.93 bits per heavy atom. The number of likely N-dealkylation sites (N-methyl/N-ethyl adjacent to an activating group) is 1. The van der Waals surface area contributed by atoms with E-state index >= 15 is 0 Å². The van der Waals surface area contributed by atoms with Crippen LogP contribution in [0.15, 0.2) is 12.3 Å². The Morgan fingerprint density at radius 1 is 1.67 bits per heavy atom. The Bertz CT molecular complexity index is 321. The van der Waals surface area contributed by atoms with E-state index < -0.39 is 0 Å². The largest absolute Gasteiger partial charge is 0.354 e. The summed E-state index contributed by atoms with van der Waals surface area (Å²) in [4.78, 5) is 11.4. The van der Waals surface area contributed by atoms with Gasteiger partial charge in [-0.1, -0.05) is 0 Å². The highest BCUT2D eigenvalue weighted by molar-refractivity contribution is 5.81. The fraction of sp³-hybridized carbons (Fsp3) is 0.600. The van der Waals surface area contributed by atoms with Gasteiger partial charge in [-0.15, -0.1) is 0 Å². The van der Waals surface area contributed by atoms with Crippen LogP contribution in [0.2, 0.25) is 0 Å². The summed E-state index contributed by atoms with van der Waals surface area (Å²) in [7, 11) is 3.67. The molecule has 1 heterocycles. The smallest absolute Gasteiger partial charge is 0.236 e. The number of nitrogens with zero attached hydrogens (tertiary/aromatic N) is 2. The molecule has 0 aliphatic rings. The van der Waals surface area contributed by atoms with Crippen LogP contribution in [-0.2, 0) is 18.3 Å². The number of carbonyl (C=O) groups excluding carboxylic acids is 1. The maximum atomic E-state index is 11.4. The molecule has 1 aromatic heterocycles. The highest BCUT2D eigenvalue weighted by atomic mass is 16.2. The predicted molar refractivity (Wildman–Crippen MR) is 58.4 cm³/mol. The summed E-state index contributed by atoms with van der Waals surface area (Å²) >= 11 is 0. The van der Waals surface area contributed by atoms with E-state index in [1.807, 2.05) is 24.7 Å². The first kappa shape index (κ1) is 11.7. The van der Waals surface area contributed by atoms with Gasteiger partial charge >= 0.3 is 0 Å². The van der Waals surface area contributed by atoms with Crippen LogP contribution >= 0.6 is 0 Å². The van der Waals surface area contributed by atoms with E-state index in [0.29, 0.717) is 6.54 Å². The highest BCUT2D eigenvalue weighted by Gasteiger charge is 2.08. The third-order valence-corrected chi connectivity index (χ3v) is 2.43. The van der Waals surface area contributed by atoms with Crippen LogP contribution in [0.4, 0.5) is 0 Å². The predicted octanol–water partition coefficient (Wildman–Crippen LogP) is -0.313. The third-order valence-electron chi connectivity index (χ3n) is 2.43. The van der Waals surface area contributed by atoms with Gasteiger partial charge in [0.2, 0.25) is 5.91 Å². The first-order valence-electron chi connectivity index (χ1n) is 5.07. The van der Waals surface area contributed by atoms with E-state index in [0.717, 1.165) is 12.1 Å². The van der Waals surface area contributed by atoms with Gasteiger partial charge in [0.15, 0.2) is 0 Å². The first-order chi connectivity index (χ1) is 7.15. The average Bonchev–Trinajstić information content (AvgIpc) is 2.63. The number of nitrogens with one attached hydrogen (secondary N) is 2. The zero-order valence-corrected chi connectivity index (χ0v) is 9.45. The van der Waals surface area contributed by atoms with Crippen molar-refractivity contribution in [3.05, 3.63) is 18.0 Å². The molecule has 0 bridgehead atoms. The van der Waals surface area contributed by atoms with Gasteiger partial charge in [0.25, 0.3) is 0 Å². The standard InChI is InChI=1S/C10H18N4O/c1-8(11-2)10(15)12-6-4-9-5-7-13-14(9)3/h5,7-8,11H,4,6H2,1-3H3,(H,12,15). The van der Waals surface area contributed by atoms with Crippen molar-refractivity contribution in [3.63, 3.8) is 0 Å². The topological polar surface area (TPSA) is 59.0 Å². The molecule has 0 aliphatic heterocycles. The molecule has 0 radical (unpaired) electrons. The molecule has 1 unspecified atom stereocenters. The summed E-state index contributed by atoms with van der Waals surface area (Å²) in [6.07, 6.45) is 2.56. The first-order valence-corrected chi connectivity index (χ1v) is 5.07. The summed E-state index contributed by atoms with van der Waals surface area (Å²) in [5, 5.41) is 9.80. The van der Waals surface area contributed by atoms with Crippen LogP contribution in [0, 0.1) is 0 Å². The fourth-order valence-electron chi connectivity index (χ4n) is 1.24. The number of aryl methyl sites for hydroxylation is 1. The van der Waals surface area contributed by atoms with E-state index in [4.69, 9.17) is 0 Å². The van der Waals surface area contributed by atoms with Crippen molar-refractivity contribution >= 4 is 5.91 Å². The molecule has 15 heavy (non-hydrogen) atoms. The second-order valence-electron chi connectivity index (χ2n) is 3.50. The molecule has 5 nitrogen and oxygen atoms in total. The Hall–Kier alpha value is -1.36. The van der Waals surface area contributed by atoms with Crippen molar-refractivity contribution < 1.29 is 4.79 Å². The van der Waals surface area contributed by atoms with Gasteiger partial charge in [0.05, 0.1) is 6.04 Å². The molecule has 84 valence electrons. The SMILES string of the molecule is CNC(C)C(=O)NCCc1ccnn1C. The minimum absolute atomic E-state index is 0.0275. The van der Waals surface area contributed by atoms with E-state index in [9.17, 15) is 4.79 Å². The number of hydrogen-bond donors (Lipinski definition) is 2. The lowest BCUT2D eigenvalue weighted by molar-refractivity contribution is -0.122. The molecule has 0 aromatic carbocycles. The zero-order valence-electron chi connectivity index (χ0n) is 9.45. The van der Waals surface area contributed by atoms with Gasteiger partial charge in [-0.3, -0.25) is 9.48 Å². The van der Waals surface area contributed by atoms with Crippen LogP contribution in [-0.4, -0.2) is 35.3 Å². The second kappa shape index (κ2) is 5.50. The van der Waals surface area contributed by atoms with Gasteiger partial charge in [-0.25, -0.2) is 0 Å². The van der Waals surface area contributed by atoms with E-state index in [1.54, 1.807) is 13.2 Å². The fourth-order valence-corrected chi connectivity index (χ4v) is 1.24. The maximum Gasteiger partial charge on any atom is 0.236 e. The molecule has 1 atom stereocenters. The van der Waals surface area contributed by atoms with Crippen molar-refractivity contribution in [1.29, 1.82) is 0 Å². The maximum absolute atomic E-state index is 11.4. The molecular weight excluding hydrogens is 192 g/mol. The quantitative estimate of drug-likeness (QED) is 0.700. The molecule has 0 saturated heterocycles. The number of rotatable bonds is 5. The lowest BCUT2D eigenvalue weighted by Crippen LogP contribution is -2.41. The highest BCUT2D eigenvalue weighted by Crippen LogP contribution is 1.96. The summed E-state index contributed by atoms with van der Waals surface area (Å²) in [6.45, 7) is 2.48. The Morgan fingerprint density at radius 2 is 2.40 bits per heavy atom. The van der Waals surface area contributed by atoms with Crippen molar-refractivity contribution in [2.24, 2.45) is 7.05 Å². The summed E-state index contributed by atoms with van der Waals surface area (Å²) in [6, 6.07) is 1.81. The Labute approximate surface area is 89.9 Å². The van der Waals surface area contributed by atoms with Gasteiger partial charge in [-0.05, 0) is 20.0 Å². The zero-order chi connectivity index (χ0) is 11.3. The molecule has 0 aliphatic carbocycles. The molecular formula is C10H18N4O. The van der Waals surface area contributed by atoms with Crippen LogP contribution < -0.4 is 10.6 Å². The minimum Gasteiger partial charge on any atom is -0.354 e. The van der Waals surface area contributed by atoms with Crippen LogP contribution in [0.1, 0.15) is 12.6 Å². The van der Waals surface area contributed by atoms with Crippen molar-refractivity contribution in [3.8, 4) is 0 Å². The van der Waals surface area contributed by atoms with Crippen LogP contribution in [0.3, 0.4) is 0 Å². The number of aromatic nitrogens is 2. The monoisotopic (exact) mass is 210 g/mol. The molecule has 0 saturated carbocycles. The van der Waals surface area contributed by atoms with Crippen LogP contribution in [0.5, 0.6) is 0 Å². The van der Waals surface area contributed by atoms with Gasteiger partial charge in [0, 0.05) is 31.9 Å². The number of hydrogen-bond acceptors (Lipinski definition) is 3. The number of amides is 1. The van der Waals surface area contributed by atoms with Crippen molar-refractivity contribution in [2.45, 2.75) is 19.4 Å². The molecule has 0 fully saturated rings. The molecule has 1 aromatic rings. The summed E-state index contributed by atoms with van der Waals surface area (Å²) in [5.74, 6) is 0.0275. The van der Waals surface area contributed by atoms with Crippen molar-refractivity contribution in [2.75, 3.05) is 13.6 Å². The summed E-state index contributed by atoms with van der Waals surface area (Å²) < 4.78 is 1.81. The van der Waals surface area contributed by atoms with E-state index in [1.165, 1.54) is 0 Å². The summed E-state index contributed by atoms with van der Waals surface area (Å²) in [5.41, 5.74) is 1.12. The Kier molecular flexibility index (Phi) is 4.30. The molecule has 0 spiro atoms. The van der Waals surface area contributed by atoms with Crippen LogP contribution in [0.25, 0.3) is 0 Å². The van der Waals surface area contributed by atoms with Crippen molar-refractivity contribution in [1.82, 2.24) is 20.4 Å². The molecule has 5 heteroatoms. The molecule has 1 rings (SSSR count). The van der Waals surface area contributed by atoms with Gasteiger partial charge in [0.1, 0.15) is 0 Å². The molecule has 2 N–H and O–H groups in total. The molecule has 1 amide bonds. The Balaban J connectivity index is 2.28.